The summed E-state index contributed by atoms with van der Waals surface area (Å²) >= 11 is 0. The zero-order chi connectivity index (χ0) is 15.4. The van der Waals surface area contributed by atoms with Gasteiger partial charge in [0.05, 0.1) is 6.04 Å². The predicted octanol–water partition coefficient (Wildman–Crippen LogP) is 3.19. The van der Waals surface area contributed by atoms with Crippen LogP contribution >= 0.6 is 0 Å². The van der Waals surface area contributed by atoms with E-state index in [4.69, 9.17) is 0 Å². The van der Waals surface area contributed by atoms with Gasteiger partial charge in [-0.05, 0) is 25.8 Å². The fourth-order valence-corrected chi connectivity index (χ4v) is 2.62. The Morgan fingerprint density at radius 1 is 1.38 bits per heavy atom. The van der Waals surface area contributed by atoms with Crippen LogP contribution in [0.4, 0.5) is 4.79 Å². The summed E-state index contributed by atoms with van der Waals surface area (Å²) in [6, 6.07) is 9.00. The van der Waals surface area contributed by atoms with Crippen LogP contribution in [0.25, 0.3) is 0 Å². The normalized spacial score (nSPS) is 18.5. The Morgan fingerprint density at radius 3 is 2.62 bits per heavy atom. The lowest BCUT2D eigenvalue weighted by atomic mass is 9.92. The lowest BCUT2D eigenvalue weighted by Gasteiger charge is -2.35. The molecule has 0 aliphatic carbocycles. The van der Waals surface area contributed by atoms with E-state index in [9.17, 15) is 9.59 Å². The van der Waals surface area contributed by atoms with E-state index in [1.54, 1.807) is 11.0 Å². The Morgan fingerprint density at radius 2 is 2.05 bits per heavy atom. The number of urea groups is 1. The number of allylic oxidation sites excluding steroid dienone is 1. The van der Waals surface area contributed by atoms with Gasteiger partial charge < -0.3 is 5.32 Å². The van der Waals surface area contributed by atoms with Crippen molar-refractivity contribution in [2.45, 2.75) is 26.3 Å². The second kappa shape index (κ2) is 6.39. The number of ketones is 1. The monoisotopic (exact) mass is 284 g/mol. The molecule has 1 aromatic rings. The van der Waals surface area contributed by atoms with Gasteiger partial charge in [-0.15, -0.1) is 6.58 Å². The molecule has 0 radical (unpaired) electrons. The molecule has 21 heavy (non-hydrogen) atoms. The highest BCUT2D eigenvalue weighted by Crippen LogP contribution is 2.30. The van der Waals surface area contributed by atoms with Gasteiger partial charge in [0.2, 0.25) is 0 Å². The van der Waals surface area contributed by atoms with E-state index < -0.39 is 0 Å². The van der Waals surface area contributed by atoms with Crippen molar-refractivity contribution < 1.29 is 9.59 Å². The van der Waals surface area contributed by atoms with E-state index in [0.29, 0.717) is 18.5 Å². The number of nitrogens with zero attached hydrogens (tertiary/aromatic N) is 1. The van der Waals surface area contributed by atoms with Crippen LogP contribution in [0.3, 0.4) is 0 Å². The molecule has 4 nitrogen and oxygen atoms in total. The number of carbonyl (C=O) groups excluding carboxylic acids is 2. The highest BCUT2D eigenvalue weighted by atomic mass is 16.2. The highest BCUT2D eigenvalue weighted by molar-refractivity contribution is 5.98. The second-order valence-corrected chi connectivity index (χ2v) is 5.08. The molecular weight excluding hydrogens is 264 g/mol. The van der Waals surface area contributed by atoms with Crippen LogP contribution in [0.15, 0.2) is 54.3 Å². The molecule has 2 amide bonds. The molecule has 0 saturated carbocycles. The van der Waals surface area contributed by atoms with Gasteiger partial charge in [-0.1, -0.05) is 36.4 Å². The number of Topliss-reactive ketones (excluding diaryl/α,β-unsaturated/α-hetero) is 1. The van der Waals surface area contributed by atoms with E-state index in [1.807, 2.05) is 37.3 Å². The first-order valence-corrected chi connectivity index (χ1v) is 7.01. The van der Waals surface area contributed by atoms with Crippen molar-refractivity contribution in [1.82, 2.24) is 10.2 Å². The Balaban J connectivity index is 2.44. The standard InChI is InChI=1S/C17H20N2O2/c1-4-5-11-19-12(2)15(13(3)20)16(18-17(19)21)14-9-7-6-8-10-14/h4,6-10,16H,1,5,11H2,2-3H3,(H,18,21). The highest BCUT2D eigenvalue weighted by Gasteiger charge is 2.33. The number of nitrogens with one attached hydrogen (secondary N) is 1. The van der Waals surface area contributed by atoms with E-state index >= 15 is 0 Å². The summed E-state index contributed by atoms with van der Waals surface area (Å²) in [5.74, 6) is -0.0232. The third-order valence-corrected chi connectivity index (χ3v) is 3.67. The molecule has 0 fully saturated rings. The van der Waals surface area contributed by atoms with Gasteiger partial charge in [0, 0.05) is 17.8 Å². The minimum absolute atomic E-state index is 0.0232. The average molecular weight is 284 g/mol. The molecule has 1 unspecified atom stereocenters. The molecule has 4 heteroatoms. The molecule has 0 saturated heterocycles. The fourth-order valence-electron chi connectivity index (χ4n) is 2.62. The Labute approximate surface area is 125 Å². The first-order chi connectivity index (χ1) is 10.1. The molecule has 1 heterocycles. The van der Waals surface area contributed by atoms with Gasteiger partial charge in [-0.25, -0.2) is 4.79 Å². The lowest BCUT2D eigenvalue weighted by molar-refractivity contribution is -0.114. The van der Waals surface area contributed by atoms with Gasteiger partial charge in [0.15, 0.2) is 5.78 Å². The van der Waals surface area contributed by atoms with E-state index in [2.05, 4.69) is 11.9 Å². The Hall–Kier alpha value is -2.36. The number of hydrogen-bond acceptors (Lipinski definition) is 2. The quantitative estimate of drug-likeness (QED) is 0.844. The largest absolute Gasteiger partial charge is 0.327 e. The van der Waals surface area contributed by atoms with Crippen molar-refractivity contribution in [1.29, 1.82) is 0 Å². The van der Waals surface area contributed by atoms with Crippen LogP contribution in [0.5, 0.6) is 0 Å². The van der Waals surface area contributed by atoms with Crippen molar-refractivity contribution in [2.75, 3.05) is 6.54 Å². The predicted molar refractivity (Wildman–Crippen MR) is 82.6 cm³/mol. The number of amides is 2. The maximum atomic E-state index is 12.3. The molecule has 2 rings (SSSR count). The van der Waals surface area contributed by atoms with Gasteiger partial charge in [0.25, 0.3) is 0 Å². The van der Waals surface area contributed by atoms with Crippen molar-refractivity contribution >= 4 is 11.8 Å². The van der Waals surface area contributed by atoms with E-state index in [1.165, 1.54) is 6.92 Å². The Bertz CT molecular complexity index is 590. The molecule has 1 aliphatic rings. The lowest BCUT2D eigenvalue weighted by Crippen LogP contribution is -2.47. The SMILES string of the molecule is C=CCCN1C(=O)NC(c2ccccc2)C(C(C)=O)=C1C. The molecule has 1 aromatic carbocycles. The topological polar surface area (TPSA) is 49.4 Å². The molecule has 110 valence electrons. The summed E-state index contributed by atoms with van der Waals surface area (Å²) < 4.78 is 0. The Kier molecular flexibility index (Phi) is 4.58. The summed E-state index contributed by atoms with van der Waals surface area (Å²) in [4.78, 5) is 26.0. The van der Waals surface area contributed by atoms with Crippen LogP contribution < -0.4 is 5.32 Å². The maximum absolute atomic E-state index is 12.3. The molecule has 1 aliphatic heterocycles. The number of carbonyl (C=O) groups is 2. The van der Waals surface area contributed by atoms with Gasteiger partial charge >= 0.3 is 6.03 Å². The third kappa shape index (κ3) is 3.05. The van der Waals surface area contributed by atoms with E-state index in [-0.39, 0.29) is 17.9 Å². The van der Waals surface area contributed by atoms with Gasteiger partial charge in [-0.3, -0.25) is 9.69 Å². The zero-order valence-corrected chi connectivity index (χ0v) is 12.4. The molecule has 1 atom stereocenters. The summed E-state index contributed by atoms with van der Waals surface area (Å²) in [5.41, 5.74) is 2.28. The number of benzene rings is 1. The molecule has 0 aromatic heterocycles. The maximum Gasteiger partial charge on any atom is 0.322 e. The summed E-state index contributed by atoms with van der Waals surface area (Å²) in [6.07, 6.45) is 2.45. The fraction of sp³-hybridized carbons (Fsp3) is 0.294. The van der Waals surface area contributed by atoms with Crippen LogP contribution in [0.2, 0.25) is 0 Å². The first kappa shape index (κ1) is 15.0. The number of hydrogen-bond donors (Lipinski definition) is 1. The van der Waals surface area contributed by atoms with Crippen molar-refractivity contribution in [3.05, 3.63) is 59.8 Å². The summed E-state index contributed by atoms with van der Waals surface area (Å²) in [5, 5.41) is 2.93. The summed E-state index contributed by atoms with van der Waals surface area (Å²) in [6.45, 7) is 7.57. The van der Waals surface area contributed by atoms with Crippen LogP contribution in [-0.4, -0.2) is 23.3 Å². The third-order valence-electron chi connectivity index (χ3n) is 3.67. The van der Waals surface area contributed by atoms with Crippen molar-refractivity contribution in [2.24, 2.45) is 0 Å². The van der Waals surface area contributed by atoms with Crippen molar-refractivity contribution in [3.8, 4) is 0 Å². The van der Waals surface area contributed by atoms with Crippen LogP contribution in [0, 0.1) is 0 Å². The minimum Gasteiger partial charge on any atom is -0.327 e. The van der Waals surface area contributed by atoms with E-state index in [0.717, 1.165) is 11.3 Å². The van der Waals surface area contributed by atoms with Gasteiger partial charge in [0.1, 0.15) is 0 Å². The smallest absolute Gasteiger partial charge is 0.322 e. The molecule has 0 spiro atoms. The second-order valence-electron chi connectivity index (χ2n) is 5.08. The van der Waals surface area contributed by atoms with Gasteiger partial charge in [-0.2, -0.15) is 0 Å². The van der Waals surface area contributed by atoms with Crippen LogP contribution in [0.1, 0.15) is 31.9 Å². The minimum atomic E-state index is -0.379. The number of rotatable bonds is 5. The average Bonchev–Trinajstić information content (AvgIpc) is 2.47. The first-order valence-electron chi connectivity index (χ1n) is 7.01. The molecule has 1 N–H and O–H groups in total. The zero-order valence-electron chi connectivity index (χ0n) is 12.4. The van der Waals surface area contributed by atoms with Crippen molar-refractivity contribution in [3.63, 3.8) is 0 Å². The van der Waals surface area contributed by atoms with Crippen LogP contribution in [-0.2, 0) is 4.79 Å². The summed E-state index contributed by atoms with van der Waals surface area (Å²) in [7, 11) is 0. The molecule has 0 bridgehead atoms. The molecular formula is C17H20N2O2.